The Hall–Kier alpha value is -0.529. The van der Waals surface area contributed by atoms with Crippen LogP contribution in [-0.2, 0) is 9.59 Å². The Balaban J connectivity index is -0.000000688. The van der Waals surface area contributed by atoms with Gasteiger partial charge in [0, 0.05) is 11.9 Å². The maximum atomic E-state index is 10.2. The van der Waals surface area contributed by atoms with Crippen molar-refractivity contribution in [2.24, 2.45) is 0 Å². The molecule has 4 nitrogen and oxygen atoms in total. The Morgan fingerprint density at radius 1 is 0.415 bits per heavy atom. The smallest absolute Gasteiger partial charge is 0.550 e. The maximum Gasteiger partial charge on any atom is 2.00 e. The average Bonchev–Trinajstić information content (AvgIpc) is 2.93. The second-order valence-corrected chi connectivity index (χ2v) is 10.7. The zero-order chi connectivity index (χ0) is 29.8. The molecule has 5 heteroatoms. The van der Waals surface area contributed by atoms with Crippen molar-refractivity contribution >= 4 is 60.8 Å². The minimum atomic E-state index is -0.921. The van der Waals surface area contributed by atoms with Crippen molar-refractivity contribution < 1.29 is 19.8 Å². The molecule has 0 saturated carbocycles. The molecule has 0 unspecified atom stereocenters. The van der Waals surface area contributed by atoms with Crippen LogP contribution in [0.2, 0.25) is 0 Å². The van der Waals surface area contributed by atoms with Crippen LogP contribution in [0.5, 0.6) is 0 Å². The SMILES string of the molecule is CCCCC/C=C/C/C=C/CCCCCCCC(=O)[O-].CCCCC/C=C/C/C=C/CCCCCCCC(=O)[O-].[Ba+2]. The summed E-state index contributed by atoms with van der Waals surface area (Å²) in [5.74, 6) is -1.84. The quantitative estimate of drug-likeness (QED) is 0.0466. The van der Waals surface area contributed by atoms with Gasteiger partial charge >= 0.3 is 48.9 Å². The summed E-state index contributed by atoms with van der Waals surface area (Å²) in [6.45, 7) is 4.46. The van der Waals surface area contributed by atoms with Crippen LogP contribution in [0.15, 0.2) is 48.6 Å². The number of hydrogen-bond acceptors (Lipinski definition) is 4. The molecule has 0 aromatic heterocycles. The summed E-state index contributed by atoms with van der Waals surface area (Å²) < 4.78 is 0. The van der Waals surface area contributed by atoms with Crippen LogP contribution < -0.4 is 10.2 Å². The number of carbonyl (C=O) groups excluding carboxylic acids is 2. The molecule has 0 heterocycles. The summed E-state index contributed by atoms with van der Waals surface area (Å²) in [7, 11) is 0. The van der Waals surface area contributed by atoms with E-state index in [1.807, 2.05) is 0 Å². The maximum absolute atomic E-state index is 10.2. The second-order valence-electron chi connectivity index (χ2n) is 10.7. The third kappa shape index (κ3) is 49.5. The third-order valence-corrected chi connectivity index (χ3v) is 6.66. The molecule has 0 aromatic carbocycles. The van der Waals surface area contributed by atoms with Gasteiger partial charge in [0.2, 0.25) is 0 Å². The first kappa shape index (κ1) is 44.9. The van der Waals surface area contributed by atoms with Gasteiger partial charge in [0.1, 0.15) is 0 Å². The Morgan fingerprint density at radius 2 is 0.683 bits per heavy atom. The van der Waals surface area contributed by atoms with Crippen LogP contribution in [0.1, 0.15) is 168 Å². The third-order valence-electron chi connectivity index (χ3n) is 6.66. The van der Waals surface area contributed by atoms with E-state index < -0.39 is 11.9 Å². The van der Waals surface area contributed by atoms with Gasteiger partial charge in [-0.05, 0) is 89.9 Å². The molecule has 0 atom stereocenters. The molecule has 0 aliphatic rings. The predicted octanol–water partition coefficient (Wildman–Crippen LogP) is 8.72. The number of carboxylic acids is 2. The largest absolute Gasteiger partial charge is 2.00 e. The molecule has 0 saturated heterocycles. The number of aliphatic carboxylic acids is 2. The zero-order valence-electron chi connectivity index (χ0n) is 26.9. The first-order chi connectivity index (χ1) is 19.5. The molecule has 0 aliphatic carbocycles. The van der Waals surface area contributed by atoms with Crippen molar-refractivity contribution in [2.45, 2.75) is 168 Å². The summed E-state index contributed by atoms with van der Waals surface area (Å²) in [5.41, 5.74) is 0. The van der Waals surface area contributed by atoms with E-state index in [1.54, 1.807) is 0 Å². The van der Waals surface area contributed by atoms with Crippen LogP contribution in [0.25, 0.3) is 0 Å². The van der Waals surface area contributed by atoms with E-state index in [0.29, 0.717) is 0 Å². The molecule has 0 aliphatic heterocycles. The van der Waals surface area contributed by atoms with Crippen LogP contribution >= 0.6 is 0 Å². The number of hydrogen-bond donors (Lipinski definition) is 0. The molecule has 0 bridgehead atoms. The van der Waals surface area contributed by atoms with Crippen molar-refractivity contribution in [1.82, 2.24) is 0 Å². The minimum absolute atomic E-state index is 0. The van der Waals surface area contributed by atoms with Crippen molar-refractivity contribution in [3.8, 4) is 0 Å². The molecule has 41 heavy (non-hydrogen) atoms. The van der Waals surface area contributed by atoms with Gasteiger partial charge in [0.05, 0.1) is 0 Å². The van der Waals surface area contributed by atoms with Crippen molar-refractivity contribution in [2.75, 3.05) is 0 Å². The Bertz CT molecular complexity index is 596. The molecule has 0 radical (unpaired) electrons. The molecular formula is C36H62BaO4. The van der Waals surface area contributed by atoms with E-state index in [1.165, 1.54) is 77.0 Å². The summed E-state index contributed by atoms with van der Waals surface area (Å²) in [6, 6.07) is 0. The predicted molar refractivity (Wildman–Crippen MR) is 174 cm³/mol. The summed E-state index contributed by atoms with van der Waals surface area (Å²) in [4.78, 5) is 20.4. The first-order valence-corrected chi connectivity index (χ1v) is 16.5. The Morgan fingerprint density at radius 3 is 0.976 bits per heavy atom. The average molecular weight is 696 g/mol. The standard InChI is InChI=1S/2C18H32O2.Ba/c2*1-2-3-4-5-6-7-8-9-10-11-12-13-14-15-16-17-18(19)20;/h2*6-7,9-10H,2-5,8,11-17H2,1H3,(H,19,20);/q;;+2/p-2/b2*7-6+,10-9+;. The molecule has 0 aromatic rings. The van der Waals surface area contributed by atoms with Gasteiger partial charge in [-0.3, -0.25) is 0 Å². The molecule has 232 valence electrons. The molecular weight excluding hydrogens is 634 g/mol. The van der Waals surface area contributed by atoms with E-state index in [-0.39, 0.29) is 61.7 Å². The molecule has 0 fully saturated rings. The summed E-state index contributed by atoms with van der Waals surface area (Å²) in [5, 5.41) is 20.4. The second kappa shape index (κ2) is 41.6. The van der Waals surface area contributed by atoms with Crippen LogP contribution in [-0.4, -0.2) is 60.8 Å². The fourth-order valence-corrected chi connectivity index (χ4v) is 4.16. The number of allylic oxidation sites excluding steroid dienone is 8. The van der Waals surface area contributed by atoms with E-state index >= 15 is 0 Å². The number of rotatable bonds is 28. The fourth-order valence-electron chi connectivity index (χ4n) is 4.16. The summed E-state index contributed by atoms with van der Waals surface area (Å²) in [6.07, 6.45) is 43.9. The summed E-state index contributed by atoms with van der Waals surface area (Å²) >= 11 is 0. The minimum Gasteiger partial charge on any atom is -0.550 e. The first-order valence-electron chi connectivity index (χ1n) is 16.5. The Kier molecular flexibility index (Phi) is 45.6. The monoisotopic (exact) mass is 696 g/mol. The number of carbonyl (C=O) groups is 2. The zero-order valence-corrected chi connectivity index (χ0v) is 31.4. The van der Waals surface area contributed by atoms with E-state index in [0.717, 1.165) is 64.2 Å². The molecule has 0 N–H and O–H groups in total. The normalized spacial score (nSPS) is 11.4. The van der Waals surface area contributed by atoms with Crippen LogP contribution in [0.3, 0.4) is 0 Å². The van der Waals surface area contributed by atoms with E-state index in [2.05, 4.69) is 62.5 Å². The molecule has 0 spiro atoms. The van der Waals surface area contributed by atoms with Crippen molar-refractivity contribution in [3.63, 3.8) is 0 Å². The fraction of sp³-hybridized carbons (Fsp3) is 0.722. The van der Waals surface area contributed by atoms with Gasteiger partial charge in [-0.2, -0.15) is 0 Å². The molecule has 0 amide bonds. The van der Waals surface area contributed by atoms with Gasteiger partial charge in [-0.25, -0.2) is 0 Å². The molecule has 0 rings (SSSR count). The van der Waals surface area contributed by atoms with Gasteiger partial charge < -0.3 is 19.8 Å². The van der Waals surface area contributed by atoms with Gasteiger partial charge in [-0.15, -0.1) is 0 Å². The van der Waals surface area contributed by atoms with E-state index in [4.69, 9.17) is 0 Å². The van der Waals surface area contributed by atoms with Crippen molar-refractivity contribution in [1.29, 1.82) is 0 Å². The van der Waals surface area contributed by atoms with Gasteiger partial charge in [-0.1, -0.05) is 127 Å². The van der Waals surface area contributed by atoms with Crippen LogP contribution in [0, 0.1) is 0 Å². The number of carboxylic acid groups (broad SMARTS) is 2. The van der Waals surface area contributed by atoms with Gasteiger partial charge in [0.25, 0.3) is 0 Å². The van der Waals surface area contributed by atoms with Crippen molar-refractivity contribution in [3.05, 3.63) is 48.6 Å². The Labute approximate surface area is 294 Å². The van der Waals surface area contributed by atoms with Crippen LogP contribution in [0.4, 0.5) is 0 Å². The topological polar surface area (TPSA) is 80.3 Å². The number of unbranched alkanes of at least 4 members (excludes halogenated alkanes) is 16. The van der Waals surface area contributed by atoms with E-state index in [9.17, 15) is 19.8 Å². The van der Waals surface area contributed by atoms with Gasteiger partial charge in [0.15, 0.2) is 0 Å².